The van der Waals surface area contributed by atoms with Crippen molar-refractivity contribution >= 4 is 5.97 Å². The standard InChI is InChI=1S/C14H22N4O2/c1-17-13(10(5-16-17)14(19)20)8-18-6-9-3-2-4-12(15)11(9)7-18/h5,9,11-12H,2-4,6-8,15H2,1H3,(H,19,20). The fourth-order valence-corrected chi connectivity index (χ4v) is 3.78. The Kier molecular flexibility index (Phi) is 3.52. The molecule has 6 heteroatoms. The van der Waals surface area contributed by atoms with Crippen LogP contribution in [0.3, 0.4) is 0 Å². The van der Waals surface area contributed by atoms with Crippen LogP contribution in [-0.4, -0.2) is 44.9 Å². The van der Waals surface area contributed by atoms with Crippen molar-refractivity contribution in [3.05, 3.63) is 17.5 Å². The number of carbonyl (C=O) groups is 1. The quantitative estimate of drug-likeness (QED) is 0.849. The van der Waals surface area contributed by atoms with E-state index in [1.807, 2.05) is 0 Å². The molecule has 1 aliphatic carbocycles. The van der Waals surface area contributed by atoms with Crippen molar-refractivity contribution in [2.75, 3.05) is 13.1 Å². The fourth-order valence-electron chi connectivity index (χ4n) is 3.78. The summed E-state index contributed by atoms with van der Waals surface area (Å²) in [7, 11) is 1.80. The minimum atomic E-state index is -0.901. The van der Waals surface area contributed by atoms with E-state index in [1.165, 1.54) is 19.0 Å². The van der Waals surface area contributed by atoms with Crippen LogP contribution >= 0.6 is 0 Å². The maximum atomic E-state index is 11.2. The number of nitrogens with zero attached hydrogens (tertiary/aromatic N) is 3. The van der Waals surface area contributed by atoms with E-state index in [0.29, 0.717) is 30.0 Å². The number of likely N-dealkylation sites (tertiary alicyclic amines) is 1. The maximum Gasteiger partial charge on any atom is 0.339 e. The first-order chi connectivity index (χ1) is 9.56. The van der Waals surface area contributed by atoms with Gasteiger partial charge in [0, 0.05) is 32.7 Å². The molecule has 0 aromatic carbocycles. The molecule has 0 spiro atoms. The molecule has 20 heavy (non-hydrogen) atoms. The van der Waals surface area contributed by atoms with E-state index >= 15 is 0 Å². The molecule has 2 fully saturated rings. The second-order valence-corrected chi connectivity index (χ2v) is 6.15. The van der Waals surface area contributed by atoms with Crippen LogP contribution in [0.25, 0.3) is 0 Å². The summed E-state index contributed by atoms with van der Waals surface area (Å²) in [6.07, 6.45) is 5.04. The first kappa shape index (κ1) is 13.6. The number of nitrogens with two attached hydrogens (primary N) is 1. The lowest BCUT2D eigenvalue weighted by Gasteiger charge is -2.29. The van der Waals surface area contributed by atoms with Crippen LogP contribution in [0.15, 0.2) is 6.20 Å². The molecule has 3 unspecified atom stereocenters. The van der Waals surface area contributed by atoms with E-state index in [2.05, 4.69) is 10.00 Å². The molecular formula is C14H22N4O2. The van der Waals surface area contributed by atoms with Crippen LogP contribution in [0.5, 0.6) is 0 Å². The highest BCUT2D eigenvalue weighted by Gasteiger charge is 2.39. The van der Waals surface area contributed by atoms with E-state index < -0.39 is 5.97 Å². The predicted octanol–water partition coefficient (Wildman–Crippen LogP) is 0.678. The van der Waals surface area contributed by atoms with E-state index in [0.717, 1.165) is 25.2 Å². The van der Waals surface area contributed by atoms with Crippen molar-refractivity contribution in [3.8, 4) is 0 Å². The van der Waals surface area contributed by atoms with E-state index in [9.17, 15) is 9.90 Å². The third kappa shape index (κ3) is 2.33. The number of aromatic nitrogens is 2. The van der Waals surface area contributed by atoms with E-state index in [-0.39, 0.29) is 0 Å². The van der Waals surface area contributed by atoms with E-state index in [1.54, 1.807) is 11.7 Å². The summed E-state index contributed by atoms with van der Waals surface area (Å²) in [6.45, 7) is 2.66. The zero-order valence-electron chi connectivity index (χ0n) is 11.8. The molecule has 3 N–H and O–H groups in total. The molecule has 1 aliphatic heterocycles. The summed E-state index contributed by atoms with van der Waals surface area (Å²) in [5.74, 6) is 0.354. The second-order valence-electron chi connectivity index (χ2n) is 6.15. The molecule has 3 atom stereocenters. The third-order valence-electron chi connectivity index (χ3n) is 4.89. The SMILES string of the molecule is Cn1ncc(C(=O)O)c1CN1CC2CCCC(N)C2C1. The van der Waals surface area contributed by atoms with Crippen LogP contribution in [0, 0.1) is 11.8 Å². The van der Waals surface area contributed by atoms with Crippen molar-refractivity contribution in [3.63, 3.8) is 0 Å². The van der Waals surface area contributed by atoms with Crippen molar-refractivity contribution in [1.29, 1.82) is 0 Å². The monoisotopic (exact) mass is 278 g/mol. The molecule has 2 heterocycles. The van der Waals surface area contributed by atoms with Gasteiger partial charge in [0.25, 0.3) is 0 Å². The van der Waals surface area contributed by atoms with Crippen LogP contribution in [0.4, 0.5) is 0 Å². The molecule has 1 saturated carbocycles. The number of aryl methyl sites for hydroxylation is 1. The summed E-state index contributed by atoms with van der Waals surface area (Å²) in [6, 6.07) is 0.309. The highest BCUT2D eigenvalue weighted by molar-refractivity contribution is 5.88. The minimum Gasteiger partial charge on any atom is -0.478 e. The Hall–Kier alpha value is -1.40. The first-order valence-electron chi connectivity index (χ1n) is 7.28. The van der Waals surface area contributed by atoms with Crippen LogP contribution in [0.2, 0.25) is 0 Å². The van der Waals surface area contributed by atoms with Gasteiger partial charge in [-0.15, -0.1) is 0 Å². The zero-order chi connectivity index (χ0) is 14.3. The third-order valence-corrected chi connectivity index (χ3v) is 4.89. The van der Waals surface area contributed by atoms with E-state index in [4.69, 9.17) is 5.73 Å². The minimum absolute atomic E-state index is 0.309. The van der Waals surface area contributed by atoms with Gasteiger partial charge < -0.3 is 10.8 Å². The van der Waals surface area contributed by atoms with Crippen molar-refractivity contribution in [1.82, 2.24) is 14.7 Å². The maximum absolute atomic E-state index is 11.2. The van der Waals surface area contributed by atoms with Gasteiger partial charge in [-0.25, -0.2) is 4.79 Å². The number of aromatic carboxylic acids is 1. The number of rotatable bonds is 3. The molecule has 1 saturated heterocycles. The summed E-state index contributed by atoms with van der Waals surface area (Å²) >= 11 is 0. The van der Waals surface area contributed by atoms with Gasteiger partial charge in [-0.2, -0.15) is 5.10 Å². The molecule has 2 aliphatic rings. The van der Waals surface area contributed by atoms with Crippen molar-refractivity contribution in [2.45, 2.75) is 31.8 Å². The Bertz CT molecular complexity index is 513. The summed E-state index contributed by atoms with van der Waals surface area (Å²) in [5.41, 5.74) is 7.32. The molecule has 6 nitrogen and oxygen atoms in total. The Labute approximate surface area is 118 Å². The van der Waals surface area contributed by atoms with Gasteiger partial charge in [-0.1, -0.05) is 6.42 Å². The van der Waals surface area contributed by atoms with Crippen LogP contribution in [-0.2, 0) is 13.6 Å². The second kappa shape index (κ2) is 5.18. The normalized spacial score (nSPS) is 30.4. The number of hydrogen-bond donors (Lipinski definition) is 2. The van der Waals surface area contributed by atoms with Gasteiger partial charge >= 0.3 is 5.97 Å². The Balaban J connectivity index is 1.73. The average Bonchev–Trinajstić information content (AvgIpc) is 2.96. The first-order valence-corrected chi connectivity index (χ1v) is 7.28. The van der Waals surface area contributed by atoms with Crippen LogP contribution in [0.1, 0.15) is 35.3 Å². The Morgan fingerprint density at radius 2 is 2.30 bits per heavy atom. The molecule has 3 rings (SSSR count). The lowest BCUT2D eigenvalue weighted by atomic mass is 9.78. The Morgan fingerprint density at radius 3 is 3.00 bits per heavy atom. The molecular weight excluding hydrogens is 256 g/mol. The average molecular weight is 278 g/mol. The molecule has 0 amide bonds. The topological polar surface area (TPSA) is 84.4 Å². The molecule has 0 bridgehead atoms. The number of hydrogen-bond acceptors (Lipinski definition) is 4. The van der Waals surface area contributed by atoms with Gasteiger partial charge in [-0.05, 0) is 24.7 Å². The number of carboxylic acid groups (broad SMARTS) is 1. The highest BCUT2D eigenvalue weighted by atomic mass is 16.4. The zero-order valence-corrected chi connectivity index (χ0v) is 11.8. The lowest BCUT2D eigenvalue weighted by molar-refractivity contribution is 0.0694. The number of fused-ring (bicyclic) bond motifs is 1. The highest BCUT2D eigenvalue weighted by Crippen LogP contribution is 2.36. The Morgan fingerprint density at radius 1 is 1.50 bits per heavy atom. The molecule has 1 aromatic heterocycles. The number of carboxylic acids is 1. The molecule has 0 radical (unpaired) electrons. The van der Waals surface area contributed by atoms with Gasteiger partial charge in [-0.3, -0.25) is 9.58 Å². The smallest absolute Gasteiger partial charge is 0.339 e. The lowest BCUT2D eigenvalue weighted by Crippen LogP contribution is -2.38. The van der Waals surface area contributed by atoms with Crippen molar-refractivity contribution < 1.29 is 9.90 Å². The van der Waals surface area contributed by atoms with Gasteiger partial charge in [0.1, 0.15) is 5.56 Å². The summed E-state index contributed by atoms with van der Waals surface area (Å²) in [4.78, 5) is 13.6. The largest absolute Gasteiger partial charge is 0.478 e. The van der Waals surface area contributed by atoms with Crippen LogP contribution < -0.4 is 5.73 Å². The summed E-state index contributed by atoms with van der Waals surface area (Å²) < 4.78 is 1.67. The fraction of sp³-hybridized carbons (Fsp3) is 0.714. The van der Waals surface area contributed by atoms with Gasteiger partial charge in [0.15, 0.2) is 0 Å². The predicted molar refractivity (Wildman–Crippen MR) is 74.3 cm³/mol. The molecule has 110 valence electrons. The molecule has 1 aromatic rings. The van der Waals surface area contributed by atoms with Gasteiger partial charge in [0.2, 0.25) is 0 Å². The summed E-state index contributed by atoms with van der Waals surface area (Å²) in [5, 5.41) is 13.3. The van der Waals surface area contributed by atoms with Gasteiger partial charge in [0.05, 0.1) is 11.9 Å². The van der Waals surface area contributed by atoms with Crippen molar-refractivity contribution in [2.24, 2.45) is 24.6 Å².